The normalized spacial score (nSPS) is 44.8. The fraction of sp³-hybridized carbons (Fsp3) is 1.00. The maximum absolute atomic E-state index is 11.2. The monoisotopic (exact) mass is 239 g/mol. The minimum Gasteiger partial charge on any atom is -0.854 e. The molecule has 0 amide bonds. The summed E-state index contributed by atoms with van der Waals surface area (Å²) in [4.78, 5) is 0. The molecule has 2 unspecified atom stereocenters. The molecule has 0 aromatic carbocycles. The predicted molar refractivity (Wildman–Crippen MR) is 67.5 cm³/mol. The van der Waals surface area contributed by atoms with Crippen LogP contribution in [-0.2, 0) is 4.74 Å². The molecule has 100 valence electrons. The standard InChI is InChI=1S/C15H27O2/c1-10-4-6-14(11(2)8-16)15-9-17-12(3)5-7-13(10)15/h10-15H,4-9H2,1-3H3/q-1/t10-,11+,12?,13+,14+,15?/m1/s1. The molecule has 0 N–H and O–H groups in total. The summed E-state index contributed by atoms with van der Waals surface area (Å²) in [6, 6.07) is 0. The fourth-order valence-electron chi connectivity index (χ4n) is 3.98. The first-order chi connectivity index (χ1) is 8.13. The molecule has 1 heterocycles. The number of rotatable bonds is 2. The Morgan fingerprint density at radius 3 is 2.59 bits per heavy atom. The summed E-state index contributed by atoms with van der Waals surface area (Å²) in [5.74, 6) is 3.20. The van der Waals surface area contributed by atoms with Crippen molar-refractivity contribution in [3.05, 3.63) is 0 Å². The van der Waals surface area contributed by atoms with Crippen LogP contribution in [0, 0.1) is 29.6 Å². The van der Waals surface area contributed by atoms with Gasteiger partial charge in [-0.05, 0) is 49.9 Å². The quantitative estimate of drug-likeness (QED) is 0.741. The van der Waals surface area contributed by atoms with Crippen LogP contribution in [0.25, 0.3) is 0 Å². The van der Waals surface area contributed by atoms with Crippen molar-refractivity contribution in [1.29, 1.82) is 0 Å². The molecule has 2 nitrogen and oxygen atoms in total. The Balaban J connectivity index is 2.11. The van der Waals surface area contributed by atoms with Crippen molar-refractivity contribution in [2.45, 2.75) is 52.6 Å². The van der Waals surface area contributed by atoms with Gasteiger partial charge in [-0.1, -0.05) is 26.2 Å². The van der Waals surface area contributed by atoms with Gasteiger partial charge in [0.15, 0.2) is 0 Å². The van der Waals surface area contributed by atoms with Gasteiger partial charge >= 0.3 is 0 Å². The van der Waals surface area contributed by atoms with Crippen LogP contribution >= 0.6 is 0 Å². The Kier molecular flexibility index (Phi) is 4.48. The highest BCUT2D eigenvalue weighted by Crippen LogP contribution is 2.45. The van der Waals surface area contributed by atoms with E-state index in [0.717, 1.165) is 18.4 Å². The van der Waals surface area contributed by atoms with Gasteiger partial charge in [0.2, 0.25) is 0 Å². The zero-order valence-electron chi connectivity index (χ0n) is 11.5. The molecule has 1 saturated carbocycles. The number of hydrogen-bond donors (Lipinski definition) is 0. The molecule has 6 atom stereocenters. The average Bonchev–Trinajstić information content (AvgIpc) is 2.52. The van der Waals surface area contributed by atoms with Gasteiger partial charge in [0.05, 0.1) is 12.7 Å². The SMILES string of the molecule is CC1CC[C@@H]2C(CO1)[C@H]([C@@H](C)C[O-])CC[C@H]2C. The lowest BCUT2D eigenvalue weighted by Gasteiger charge is -2.44. The van der Waals surface area contributed by atoms with Crippen LogP contribution in [0.5, 0.6) is 0 Å². The summed E-state index contributed by atoms with van der Waals surface area (Å²) in [7, 11) is 0. The molecule has 0 spiro atoms. The molecule has 0 radical (unpaired) electrons. The van der Waals surface area contributed by atoms with E-state index in [-0.39, 0.29) is 6.61 Å². The third kappa shape index (κ3) is 2.85. The van der Waals surface area contributed by atoms with Gasteiger partial charge in [-0.15, -0.1) is 6.61 Å². The molecular formula is C15H27O2-. The van der Waals surface area contributed by atoms with Crippen molar-refractivity contribution in [2.24, 2.45) is 29.6 Å². The van der Waals surface area contributed by atoms with Crippen LogP contribution in [0.4, 0.5) is 0 Å². The van der Waals surface area contributed by atoms with Gasteiger partial charge in [0.1, 0.15) is 0 Å². The molecule has 2 aliphatic rings. The second-order valence-electron chi connectivity index (χ2n) is 6.41. The third-order valence-electron chi connectivity index (χ3n) is 5.26. The van der Waals surface area contributed by atoms with E-state index in [1.807, 2.05) is 0 Å². The predicted octanol–water partition coefficient (Wildman–Crippen LogP) is 2.46. The van der Waals surface area contributed by atoms with Crippen LogP contribution in [-0.4, -0.2) is 19.3 Å². The van der Waals surface area contributed by atoms with Gasteiger partial charge in [-0.2, -0.15) is 0 Å². The van der Waals surface area contributed by atoms with Crippen LogP contribution in [0.15, 0.2) is 0 Å². The van der Waals surface area contributed by atoms with Gasteiger partial charge in [0.25, 0.3) is 0 Å². The maximum Gasteiger partial charge on any atom is 0.0547 e. The molecule has 17 heavy (non-hydrogen) atoms. The van der Waals surface area contributed by atoms with E-state index in [1.165, 1.54) is 25.7 Å². The van der Waals surface area contributed by atoms with Crippen molar-refractivity contribution in [3.8, 4) is 0 Å². The molecule has 0 aromatic rings. The van der Waals surface area contributed by atoms with E-state index < -0.39 is 0 Å². The third-order valence-corrected chi connectivity index (χ3v) is 5.26. The van der Waals surface area contributed by atoms with Gasteiger partial charge < -0.3 is 9.84 Å². The van der Waals surface area contributed by atoms with E-state index >= 15 is 0 Å². The topological polar surface area (TPSA) is 32.3 Å². The largest absolute Gasteiger partial charge is 0.854 e. The van der Waals surface area contributed by atoms with E-state index in [1.54, 1.807) is 0 Å². The van der Waals surface area contributed by atoms with E-state index in [4.69, 9.17) is 4.74 Å². The lowest BCUT2D eigenvalue weighted by molar-refractivity contribution is -0.382. The maximum atomic E-state index is 11.2. The zero-order chi connectivity index (χ0) is 12.4. The van der Waals surface area contributed by atoms with Crippen molar-refractivity contribution >= 4 is 0 Å². The van der Waals surface area contributed by atoms with Gasteiger partial charge in [-0.3, -0.25) is 0 Å². The Morgan fingerprint density at radius 1 is 1.12 bits per heavy atom. The summed E-state index contributed by atoms with van der Waals surface area (Å²) >= 11 is 0. The van der Waals surface area contributed by atoms with Crippen molar-refractivity contribution in [3.63, 3.8) is 0 Å². The molecule has 1 aliphatic carbocycles. The van der Waals surface area contributed by atoms with E-state index in [9.17, 15) is 5.11 Å². The van der Waals surface area contributed by atoms with Crippen molar-refractivity contribution < 1.29 is 9.84 Å². The Morgan fingerprint density at radius 2 is 1.88 bits per heavy atom. The van der Waals surface area contributed by atoms with Crippen LogP contribution in [0.1, 0.15) is 46.5 Å². The number of ether oxygens (including phenoxy) is 1. The number of hydrogen-bond acceptors (Lipinski definition) is 2. The summed E-state index contributed by atoms with van der Waals surface area (Å²) in [5.41, 5.74) is 0. The lowest BCUT2D eigenvalue weighted by Crippen LogP contribution is -2.40. The summed E-state index contributed by atoms with van der Waals surface area (Å²) in [6.07, 6.45) is 5.46. The zero-order valence-corrected chi connectivity index (χ0v) is 11.5. The van der Waals surface area contributed by atoms with Crippen molar-refractivity contribution in [1.82, 2.24) is 0 Å². The smallest absolute Gasteiger partial charge is 0.0547 e. The van der Waals surface area contributed by atoms with Crippen LogP contribution in [0.2, 0.25) is 0 Å². The minimum atomic E-state index is 0.0812. The lowest BCUT2D eigenvalue weighted by atomic mass is 9.63. The second kappa shape index (κ2) is 5.71. The minimum absolute atomic E-state index is 0.0812. The van der Waals surface area contributed by atoms with Crippen LogP contribution < -0.4 is 5.11 Å². The van der Waals surface area contributed by atoms with Crippen LogP contribution in [0.3, 0.4) is 0 Å². The van der Waals surface area contributed by atoms with E-state index in [2.05, 4.69) is 20.8 Å². The second-order valence-corrected chi connectivity index (χ2v) is 6.41. The highest BCUT2D eigenvalue weighted by molar-refractivity contribution is 4.89. The Hall–Kier alpha value is -0.0800. The highest BCUT2D eigenvalue weighted by Gasteiger charge is 2.40. The number of fused-ring (bicyclic) bond motifs is 1. The molecule has 1 aliphatic heterocycles. The first-order valence-corrected chi connectivity index (χ1v) is 7.33. The fourth-order valence-corrected chi connectivity index (χ4v) is 3.98. The molecule has 0 aromatic heterocycles. The molecule has 2 rings (SSSR count). The summed E-state index contributed by atoms with van der Waals surface area (Å²) in [5, 5.41) is 11.2. The summed E-state index contributed by atoms with van der Waals surface area (Å²) in [6.45, 7) is 7.70. The van der Waals surface area contributed by atoms with Crippen molar-refractivity contribution in [2.75, 3.05) is 13.2 Å². The first-order valence-electron chi connectivity index (χ1n) is 7.33. The van der Waals surface area contributed by atoms with Gasteiger partial charge in [0, 0.05) is 0 Å². The average molecular weight is 239 g/mol. The molecule has 2 heteroatoms. The van der Waals surface area contributed by atoms with Gasteiger partial charge in [-0.25, -0.2) is 0 Å². The molecule has 2 fully saturated rings. The molecule has 1 saturated heterocycles. The molecule has 0 bridgehead atoms. The molecular weight excluding hydrogens is 212 g/mol. The first kappa shape index (κ1) is 13.4. The summed E-state index contributed by atoms with van der Waals surface area (Å²) < 4.78 is 5.94. The Labute approximate surface area is 106 Å². The Bertz CT molecular complexity index is 235. The van der Waals surface area contributed by atoms with E-state index in [0.29, 0.717) is 23.9 Å². The highest BCUT2D eigenvalue weighted by atomic mass is 16.5.